The molecule has 9 nitrogen and oxygen atoms in total. The lowest BCUT2D eigenvalue weighted by Crippen LogP contribution is -2.42. The van der Waals surface area contributed by atoms with Gasteiger partial charge in [-0.15, -0.1) is 0 Å². The zero-order valence-corrected chi connectivity index (χ0v) is 39.4. The number of amides is 2. The highest BCUT2D eigenvalue weighted by atomic mass is 35.7. The van der Waals surface area contributed by atoms with E-state index in [4.69, 9.17) is 16.4 Å². The van der Waals surface area contributed by atoms with Gasteiger partial charge in [0.2, 0.25) is 20.9 Å². The van der Waals surface area contributed by atoms with Crippen LogP contribution in [-0.2, 0) is 56.6 Å². The van der Waals surface area contributed by atoms with Gasteiger partial charge in [-0.3, -0.25) is 9.59 Å². The molecule has 2 heterocycles. The van der Waals surface area contributed by atoms with E-state index in [-0.39, 0.29) is 23.7 Å². The summed E-state index contributed by atoms with van der Waals surface area (Å²) in [5, 5.41) is 0. The van der Waals surface area contributed by atoms with Crippen LogP contribution in [0.4, 0.5) is 52.2 Å². The lowest BCUT2D eigenvalue weighted by atomic mass is 9.76. The van der Waals surface area contributed by atoms with Crippen LogP contribution in [0, 0.1) is 60.4 Å². The number of nitrogen functional groups attached to an aromatic ring is 1. The normalized spacial score (nSPS) is 15.4. The Morgan fingerprint density at radius 2 is 0.954 bits per heavy atom. The molecular weight excluding hydrogens is 930 g/mol. The van der Waals surface area contributed by atoms with Gasteiger partial charge in [-0.2, -0.15) is 0 Å². The molecule has 2 aliphatic rings. The fraction of sp³-hybridized carbons (Fsp3) is 0.422. The van der Waals surface area contributed by atoms with Crippen LogP contribution >= 0.6 is 10.7 Å². The first-order valence-electron chi connectivity index (χ1n) is 20.3. The third kappa shape index (κ3) is 11.8. The van der Waals surface area contributed by atoms with Crippen molar-refractivity contribution < 1.29 is 61.5 Å². The molecule has 0 aliphatic carbocycles. The maximum atomic E-state index is 14.2. The molecule has 6 rings (SSSR count). The molecule has 4 aromatic rings. The lowest BCUT2D eigenvalue weighted by Gasteiger charge is -2.39. The Morgan fingerprint density at radius 3 is 1.34 bits per heavy atom. The number of nitrogens with zero attached hydrogens (tertiary/aromatic N) is 2. The number of sulfone groups is 1. The summed E-state index contributed by atoms with van der Waals surface area (Å²) in [6, 6.07) is 10.7. The second kappa shape index (κ2) is 20.0. The Bertz CT molecular complexity index is 2690. The van der Waals surface area contributed by atoms with Crippen molar-refractivity contribution in [3.05, 3.63) is 122 Å². The molecule has 0 atom stereocenters. The summed E-state index contributed by atoms with van der Waals surface area (Å²) in [6.45, 7) is 15.0. The van der Waals surface area contributed by atoms with Gasteiger partial charge in [-0.1, -0.05) is 53.7 Å². The molecule has 65 heavy (non-hydrogen) atoms. The Labute approximate surface area is 378 Å². The predicted octanol–water partition coefficient (Wildman–Crippen LogP) is 10.4. The number of anilines is 3. The van der Waals surface area contributed by atoms with Crippen LogP contribution in [-0.4, -0.2) is 41.7 Å². The number of hydrogen-bond donors (Lipinski definition) is 1. The summed E-state index contributed by atoms with van der Waals surface area (Å²) in [5.41, 5.74) is 5.95. The van der Waals surface area contributed by atoms with Crippen LogP contribution < -0.4 is 15.5 Å². The van der Waals surface area contributed by atoms with Gasteiger partial charge < -0.3 is 15.5 Å². The fourth-order valence-corrected chi connectivity index (χ4v) is 10.1. The Morgan fingerprint density at radius 1 is 0.585 bits per heavy atom. The van der Waals surface area contributed by atoms with Crippen molar-refractivity contribution >= 4 is 58.4 Å². The number of halogens is 9. The molecule has 0 saturated heterocycles. The van der Waals surface area contributed by atoms with Crippen molar-refractivity contribution in [3.63, 3.8) is 0 Å². The fourth-order valence-electron chi connectivity index (χ4n) is 7.65. The second-order valence-electron chi connectivity index (χ2n) is 17.3. The molecule has 0 aromatic heterocycles. The largest absolute Gasteiger partial charge is 0.399 e. The third-order valence-electron chi connectivity index (χ3n) is 11.0. The number of carbonyl (C=O) groups is 2. The minimum Gasteiger partial charge on any atom is -0.399 e. The maximum absolute atomic E-state index is 14.2. The minimum atomic E-state index is -4.31. The molecular formula is C45H50ClF8N3O6S2. The van der Waals surface area contributed by atoms with Crippen LogP contribution in [0.1, 0.15) is 106 Å². The zero-order chi connectivity index (χ0) is 49.3. The molecule has 2 amide bonds. The summed E-state index contributed by atoms with van der Waals surface area (Å²) in [4.78, 5) is 28.2. The molecule has 0 saturated carbocycles. The Balaban J connectivity index is 0.000000236. The maximum Gasteiger partial charge on any atom is 0.236 e. The smallest absolute Gasteiger partial charge is 0.236 e. The van der Waals surface area contributed by atoms with Crippen molar-refractivity contribution in [2.75, 3.05) is 28.6 Å². The van der Waals surface area contributed by atoms with Gasteiger partial charge in [0.1, 0.15) is 0 Å². The van der Waals surface area contributed by atoms with Gasteiger partial charge in [0.15, 0.2) is 56.4 Å². The molecule has 0 fully saturated rings. The van der Waals surface area contributed by atoms with E-state index in [1.807, 2.05) is 43.9 Å². The highest BCUT2D eigenvalue weighted by Crippen LogP contribution is 2.42. The van der Waals surface area contributed by atoms with Crippen LogP contribution in [0.2, 0.25) is 0 Å². The molecule has 0 unspecified atom stereocenters. The molecule has 2 aliphatic heterocycles. The SMILES string of the molecule is CCCN1C(=O)CC(C)(C)c2cc(CS(=O)(=O)Cc3c(F)c(F)c(C)c(F)c3F)ccc21.CCCN1C(=O)CC(C)(C)c2cc(N)ccc21.Cc1c(F)c(F)c(CS(=O)(=O)Cl)c(F)c1F. The van der Waals surface area contributed by atoms with Gasteiger partial charge in [0.25, 0.3) is 0 Å². The van der Waals surface area contributed by atoms with Crippen LogP contribution in [0.3, 0.4) is 0 Å². The average molecular weight is 980 g/mol. The topological polar surface area (TPSA) is 135 Å². The van der Waals surface area contributed by atoms with E-state index in [9.17, 15) is 61.5 Å². The summed E-state index contributed by atoms with van der Waals surface area (Å²) in [7, 11) is -3.73. The van der Waals surface area contributed by atoms with Crippen molar-refractivity contribution in [2.45, 2.75) is 109 Å². The van der Waals surface area contributed by atoms with Gasteiger partial charge in [-0.25, -0.2) is 52.0 Å². The van der Waals surface area contributed by atoms with Gasteiger partial charge in [0, 0.05) is 86.8 Å². The molecule has 0 spiro atoms. The van der Waals surface area contributed by atoms with Gasteiger partial charge in [0.05, 0.1) is 17.3 Å². The Hall–Kier alpha value is -4.75. The summed E-state index contributed by atoms with van der Waals surface area (Å²) >= 11 is 0. The molecule has 0 radical (unpaired) electrons. The van der Waals surface area contributed by atoms with E-state index in [2.05, 4.69) is 20.8 Å². The van der Waals surface area contributed by atoms with Crippen LogP contribution in [0.25, 0.3) is 0 Å². The molecule has 4 aromatic carbocycles. The quantitative estimate of drug-likeness (QED) is 0.0724. The number of rotatable bonds is 10. The van der Waals surface area contributed by atoms with Gasteiger partial charge >= 0.3 is 0 Å². The average Bonchev–Trinajstić information content (AvgIpc) is 3.21. The second-order valence-corrected chi connectivity index (χ2v) is 22.1. The monoisotopic (exact) mass is 979 g/mol. The Kier molecular flexibility index (Phi) is 16.3. The van der Waals surface area contributed by atoms with Crippen molar-refractivity contribution in [2.24, 2.45) is 0 Å². The first-order chi connectivity index (χ1) is 29.9. The van der Waals surface area contributed by atoms with E-state index in [0.29, 0.717) is 24.2 Å². The van der Waals surface area contributed by atoms with E-state index in [1.165, 1.54) is 11.6 Å². The minimum absolute atomic E-state index is 0.0147. The van der Waals surface area contributed by atoms with E-state index < -0.39 is 110 Å². The number of hydrogen-bond acceptors (Lipinski definition) is 7. The van der Waals surface area contributed by atoms with E-state index in [1.54, 1.807) is 17.0 Å². The van der Waals surface area contributed by atoms with Crippen molar-refractivity contribution in [3.8, 4) is 0 Å². The number of carbonyl (C=O) groups excluding carboxylic acids is 2. The summed E-state index contributed by atoms with van der Waals surface area (Å²) in [5.74, 6) is -16.3. The van der Waals surface area contributed by atoms with E-state index in [0.717, 1.165) is 50.2 Å². The summed E-state index contributed by atoms with van der Waals surface area (Å²) < 4.78 is 155. The lowest BCUT2D eigenvalue weighted by molar-refractivity contribution is -0.121. The number of fused-ring (bicyclic) bond motifs is 2. The zero-order valence-electron chi connectivity index (χ0n) is 37.0. The molecule has 356 valence electrons. The van der Waals surface area contributed by atoms with Crippen LogP contribution in [0.15, 0.2) is 36.4 Å². The number of benzene rings is 4. The number of nitrogens with two attached hydrogens (primary N) is 1. The third-order valence-corrected chi connectivity index (χ3v) is 13.5. The first kappa shape index (κ1) is 52.9. The molecule has 0 bridgehead atoms. The molecule has 2 N–H and O–H groups in total. The van der Waals surface area contributed by atoms with Crippen molar-refractivity contribution in [1.29, 1.82) is 0 Å². The van der Waals surface area contributed by atoms with Crippen molar-refractivity contribution in [1.82, 2.24) is 0 Å². The van der Waals surface area contributed by atoms with E-state index >= 15 is 0 Å². The highest BCUT2D eigenvalue weighted by molar-refractivity contribution is 8.13. The standard InChI is InChI=1S/C23H25F4NO3S.C14H20N2O.C8H5ClF4O2S/c1-5-8-28-17-7-6-14(9-16(17)23(3,4)10-18(28)29)11-32(30,31)12-15-21(26)19(24)13(2)20(25)22(15)27;1-4-7-16-12-6-5-10(15)8-11(12)14(2,3)9-13(16)17;1-3-5(10)7(12)4(2-16(9,14)15)8(13)6(3)11/h6-7,9H,5,8,10-12H2,1-4H3;5-6,8H,4,7,9,15H2,1-3H3;2H2,1H3. The van der Waals surface area contributed by atoms with Gasteiger partial charge in [-0.05, 0) is 67.6 Å². The highest BCUT2D eigenvalue weighted by Gasteiger charge is 2.38. The predicted molar refractivity (Wildman–Crippen MR) is 235 cm³/mol. The molecule has 20 heteroatoms. The van der Waals surface area contributed by atoms with Crippen LogP contribution in [0.5, 0.6) is 0 Å². The summed E-state index contributed by atoms with van der Waals surface area (Å²) in [6.07, 6.45) is 2.54. The first-order valence-corrected chi connectivity index (χ1v) is 24.6.